The Morgan fingerprint density at radius 3 is 1.23 bits per heavy atom. The summed E-state index contributed by atoms with van der Waals surface area (Å²) in [4.78, 5) is 0. The van der Waals surface area contributed by atoms with Gasteiger partial charge < -0.3 is 0 Å². The predicted molar refractivity (Wildman–Crippen MR) is 121 cm³/mol. The molecule has 132 valence electrons. The van der Waals surface area contributed by atoms with Gasteiger partial charge in [0.25, 0.3) is 0 Å². The normalized spacial score (nSPS) is 12.0. The van der Waals surface area contributed by atoms with Gasteiger partial charge in [0.2, 0.25) is 0 Å². The summed E-state index contributed by atoms with van der Waals surface area (Å²) in [5.41, 5.74) is 0. The van der Waals surface area contributed by atoms with E-state index >= 15 is 0 Å². The SMILES string of the molecule is C=C([CH2][Pb]([c]1ccccc1)([c]1ccccc1)[c]1ccccc1)[Si](C)(C)C. The van der Waals surface area contributed by atoms with E-state index in [0.29, 0.717) is 0 Å². The minimum atomic E-state index is -3.33. The Bertz CT molecular complexity index is 752. The van der Waals surface area contributed by atoms with Crippen LogP contribution in [0, 0.1) is 0 Å². The third-order valence-corrected chi connectivity index (χ3v) is 28.1. The summed E-state index contributed by atoms with van der Waals surface area (Å²) in [6.07, 6.45) is 0. The molecule has 26 heavy (non-hydrogen) atoms. The molecule has 0 saturated carbocycles. The molecular formula is C24H28PbSi. The van der Waals surface area contributed by atoms with E-state index < -0.39 is 29.2 Å². The molecule has 0 radical (unpaired) electrons. The zero-order valence-corrected chi connectivity index (χ0v) is 21.0. The molecule has 0 N–H and O–H groups in total. The van der Waals surface area contributed by atoms with E-state index in [1.165, 1.54) is 9.18 Å². The fourth-order valence-electron chi connectivity index (χ4n) is 3.56. The Morgan fingerprint density at radius 2 is 0.962 bits per heavy atom. The van der Waals surface area contributed by atoms with Gasteiger partial charge in [-0.15, -0.1) is 0 Å². The predicted octanol–water partition coefficient (Wildman–Crippen LogP) is 4.59. The maximum absolute atomic E-state index is 4.60. The van der Waals surface area contributed by atoms with Crippen LogP contribution in [-0.4, -0.2) is 29.2 Å². The van der Waals surface area contributed by atoms with Gasteiger partial charge >= 0.3 is 165 Å². The van der Waals surface area contributed by atoms with E-state index in [1.807, 2.05) is 0 Å². The molecule has 0 amide bonds. The van der Waals surface area contributed by atoms with Gasteiger partial charge in [-0.2, -0.15) is 0 Å². The molecule has 0 saturated heterocycles. The second-order valence-electron chi connectivity index (χ2n) is 8.03. The Balaban J connectivity index is 2.30. The fraction of sp³-hybridized carbons (Fsp3) is 0.167. The summed E-state index contributed by atoms with van der Waals surface area (Å²) in [5, 5.41) is 1.50. The Labute approximate surface area is 164 Å². The van der Waals surface area contributed by atoms with Gasteiger partial charge in [-0.05, 0) is 0 Å². The summed E-state index contributed by atoms with van der Waals surface area (Å²) in [5.74, 6) is 0. The second-order valence-corrected chi connectivity index (χ2v) is 28.4. The Hall–Kier alpha value is -1.46. The first kappa shape index (κ1) is 19.3. The van der Waals surface area contributed by atoms with E-state index in [4.69, 9.17) is 0 Å². The fourth-order valence-corrected chi connectivity index (χ4v) is 30.2. The van der Waals surface area contributed by atoms with Crippen molar-refractivity contribution in [1.82, 2.24) is 0 Å². The van der Waals surface area contributed by atoms with Crippen LogP contribution in [0.5, 0.6) is 0 Å². The summed E-state index contributed by atoms with van der Waals surface area (Å²) in [6.45, 7) is 11.9. The molecule has 0 nitrogen and oxygen atoms in total. The molecule has 0 spiro atoms. The molecule has 0 atom stereocenters. The van der Waals surface area contributed by atoms with E-state index in [9.17, 15) is 0 Å². The van der Waals surface area contributed by atoms with E-state index in [1.54, 1.807) is 9.37 Å². The minimum absolute atomic E-state index is 1.17. The Morgan fingerprint density at radius 1 is 0.654 bits per heavy atom. The van der Waals surface area contributed by atoms with Gasteiger partial charge in [-0.25, -0.2) is 0 Å². The number of allylic oxidation sites excluding steroid dienone is 1. The van der Waals surface area contributed by atoms with Crippen LogP contribution in [0.3, 0.4) is 0 Å². The van der Waals surface area contributed by atoms with Crippen LogP contribution in [0.4, 0.5) is 0 Å². The number of rotatable bonds is 6. The van der Waals surface area contributed by atoms with Crippen LogP contribution >= 0.6 is 0 Å². The molecular weight excluding hydrogens is 524 g/mol. The van der Waals surface area contributed by atoms with E-state index in [0.717, 1.165) is 0 Å². The van der Waals surface area contributed by atoms with Crippen LogP contribution in [0.2, 0.25) is 23.6 Å². The number of benzene rings is 3. The quantitative estimate of drug-likeness (QED) is 0.393. The van der Waals surface area contributed by atoms with E-state index in [2.05, 4.69) is 117 Å². The molecule has 3 aromatic rings. The number of hydrogen-bond acceptors (Lipinski definition) is 0. The van der Waals surface area contributed by atoms with Crippen molar-refractivity contribution < 1.29 is 0 Å². The van der Waals surface area contributed by atoms with Gasteiger partial charge in [0, 0.05) is 0 Å². The topological polar surface area (TPSA) is 0 Å². The molecule has 0 aromatic heterocycles. The van der Waals surface area contributed by atoms with Crippen LogP contribution in [0.15, 0.2) is 103 Å². The molecule has 0 fully saturated rings. The standard InChI is InChI=1S/C6H13Si.3C6H5.Pb/c1-6(2)7(3,4)5;3*1-2-4-6-5-3-1;/h1-2H2,3-5H3;3*1-5H;. The second kappa shape index (κ2) is 8.05. The molecule has 0 heterocycles. The van der Waals surface area contributed by atoms with Gasteiger partial charge in [-0.3, -0.25) is 0 Å². The van der Waals surface area contributed by atoms with Crippen molar-refractivity contribution in [2.75, 3.05) is 0 Å². The molecule has 0 bridgehead atoms. The molecule has 3 rings (SSSR count). The zero-order chi connectivity index (χ0) is 18.6. The molecule has 3 aromatic carbocycles. The molecule has 0 aliphatic heterocycles. The molecule has 0 aliphatic rings. The maximum atomic E-state index is 4.60. The van der Waals surface area contributed by atoms with Gasteiger partial charge in [0.05, 0.1) is 0 Å². The number of hydrogen-bond donors (Lipinski definition) is 0. The van der Waals surface area contributed by atoms with Gasteiger partial charge in [0.15, 0.2) is 0 Å². The zero-order valence-electron chi connectivity index (χ0n) is 16.1. The van der Waals surface area contributed by atoms with Gasteiger partial charge in [-0.1, -0.05) is 0 Å². The first-order chi connectivity index (χ1) is 12.4. The van der Waals surface area contributed by atoms with Crippen LogP contribution in [0.1, 0.15) is 0 Å². The van der Waals surface area contributed by atoms with Crippen LogP contribution < -0.4 is 9.37 Å². The first-order valence-corrected chi connectivity index (χ1v) is 21.4. The van der Waals surface area contributed by atoms with Crippen LogP contribution in [0.25, 0.3) is 0 Å². The summed E-state index contributed by atoms with van der Waals surface area (Å²) in [7, 11) is -1.41. The first-order valence-electron chi connectivity index (χ1n) is 9.29. The molecule has 0 aliphatic carbocycles. The van der Waals surface area contributed by atoms with Crippen molar-refractivity contribution >= 4 is 38.6 Å². The van der Waals surface area contributed by atoms with Crippen molar-refractivity contribution in [3.05, 3.63) is 103 Å². The van der Waals surface area contributed by atoms with Crippen molar-refractivity contribution in [2.45, 2.75) is 23.6 Å². The monoisotopic (exact) mass is 552 g/mol. The summed E-state index contributed by atoms with van der Waals surface area (Å²) >= 11 is -3.33. The van der Waals surface area contributed by atoms with Crippen molar-refractivity contribution in [1.29, 1.82) is 0 Å². The average Bonchev–Trinajstić information content (AvgIpc) is 2.67. The van der Waals surface area contributed by atoms with Gasteiger partial charge in [0.1, 0.15) is 0 Å². The summed E-state index contributed by atoms with van der Waals surface area (Å²) in [6, 6.07) is 33.8. The third-order valence-electron chi connectivity index (χ3n) is 5.34. The van der Waals surface area contributed by atoms with E-state index in [-0.39, 0.29) is 0 Å². The molecule has 2 heteroatoms. The van der Waals surface area contributed by atoms with Crippen molar-refractivity contribution in [3.63, 3.8) is 0 Å². The van der Waals surface area contributed by atoms with Crippen LogP contribution in [-0.2, 0) is 0 Å². The van der Waals surface area contributed by atoms with Crippen molar-refractivity contribution in [2.24, 2.45) is 0 Å². The molecule has 0 unspecified atom stereocenters. The van der Waals surface area contributed by atoms with Crippen molar-refractivity contribution in [3.8, 4) is 0 Å². The summed E-state index contributed by atoms with van der Waals surface area (Å²) < 4.78 is 5.83. The Kier molecular flexibility index (Phi) is 5.98. The third kappa shape index (κ3) is 3.94. The average molecular weight is 552 g/mol.